The Morgan fingerprint density at radius 3 is 2.70 bits per heavy atom. The predicted molar refractivity (Wildman–Crippen MR) is 79.2 cm³/mol. The molecular weight excluding hydrogens is 250 g/mol. The van der Waals surface area contributed by atoms with Gasteiger partial charge >= 0.3 is 0 Å². The normalized spacial score (nSPS) is 21.3. The first-order chi connectivity index (χ1) is 9.74. The largest absolute Gasteiger partial charge is 0.386 e. The smallest absolute Gasteiger partial charge is 0.111 e. The molecule has 2 aromatic carbocycles. The van der Waals surface area contributed by atoms with E-state index in [4.69, 9.17) is 0 Å². The fourth-order valence-electron chi connectivity index (χ4n) is 2.82. The highest BCUT2D eigenvalue weighted by molar-refractivity contribution is 5.95. The van der Waals surface area contributed by atoms with Crippen LogP contribution in [0.4, 0.5) is 0 Å². The molecule has 3 heteroatoms. The van der Waals surface area contributed by atoms with Crippen LogP contribution in [0.3, 0.4) is 0 Å². The van der Waals surface area contributed by atoms with E-state index in [1.54, 1.807) is 6.08 Å². The number of nitrogens with zero attached hydrogens (tertiary/aromatic N) is 1. The van der Waals surface area contributed by atoms with Gasteiger partial charge in [0.2, 0.25) is 0 Å². The van der Waals surface area contributed by atoms with Crippen LogP contribution >= 0.6 is 0 Å². The molecular formula is C17H13NO2. The maximum Gasteiger partial charge on any atom is 0.111 e. The summed E-state index contributed by atoms with van der Waals surface area (Å²) in [5.41, 5.74) is 3.28. The zero-order valence-electron chi connectivity index (χ0n) is 10.7. The van der Waals surface area contributed by atoms with Crippen LogP contribution in [0.1, 0.15) is 17.2 Å². The second kappa shape index (κ2) is 4.13. The Balaban J connectivity index is 2.12. The lowest BCUT2D eigenvalue weighted by Gasteiger charge is -2.23. The SMILES string of the molecule is O[C@@H]1C=Cc2ccc3cc4ccccc4nc3c2[C@H]1O. The van der Waals surface area contributed by atoms with Gasteiger partial charge < -0.3 is 10.2 Å². The zero-order valence-corrected chi connectivity index (χ0v) is 10.7. The summed E-state index contributed by atoms with van der Waals surface area (Å²) >= 11 is 0. The maximum atomic E-state index is 10.3. The molecule has 1 aromatic heterocycles. The second-order valence-corrected chi connectivity index (χ2v) is 5.12. The Morgan fingerprint density at radius 1 is 0.950 bits per heavy atom. The lowest BCUT2D eigenvalue weighted by atomic mass is 9.90. The van der Waals surface area contributed by atoms with Crippen molar-refractivity contribution in [1.29, 1.82) is 0 Å². The Kier molecular flexibility index (Phi) is 2.39. The van der Waals surface area contributed by atoms with Gasteiger partial charge in [-0.05, 0) is 17.7 Å². The topological polar surface area (TPSA) is 53.4 Å². The molecule has 98 valence electrons. The Morgan fingerprint density at radius 2 is 1.80 bits per heavy atom. The number of hydrogen-bond donors (Lipinski definition) is 2. The van der Waals surface area contributed by atoms with Crippen molar-refractivity contribution in [1.82, 2.24) is 4.98 Å². The third-order valence-electron chi connectivity index (χ3n) is 3.85. The first-order valence-corrected chi connectivity index (χ1v) is 6.61. The van der Waals surface area contributed by atoms with Crippen molar-refractivity contribution in [3.05, 3.63) is 59.7 Å². The Labute approximate surface area is 115 Å². The number of para-hydroxylation sites is 1. The molecule has 0 radical (unpaired) electrons. The molecule has 0 saturated carbocycles. The van der Waals surface area contributed by atoms with Crippen LogP contribution < -0.4 is 0 Å². The van der Waals surface area contributed by atoms with E-state index in [2.05, 4.69) is 11.1 Å². The van der Waals surface area contributed by atoms with E-state index in [1.165, 1.54) is 0 Å². The standard InChI is InChI=1S/C17H13NO2/c19-14-8-7-10-5-6-12-9-11-3-1-2-4-13(11)18-16(12)15(10)17(14)20/h1-9,14,17,19-20H/t14-,17+/m1/s1. The molecule has 1 heterocycles. The summed E-state index contributed by atoms with van der Waals surface area (Å²) < 4.78 is 0. The summed E-state index contributed by atoms with van der Waals surface area (Å²) in [5, 5.41) is 22.1. The number of pyridine rings is 1. The predicted octanol–water partition coefficient (Wildman–Crippen LogP) is 2.81. The first-order valence-electron chi connectivity index (χ1n) is 6.61. The molecule has 0 aliphatic heterocycles. The van der Waals surface area contributed by atoms with Crippen molar-refractivity contribution in [3.8, 4) is 0 Å². The molecule has 2 atom stereocenters. The molecule has 4 rings (SSSR count). The van der Waals surface area contributed by atoms with Crippen LogP contribution in [0.15, 0.2) is 48.5 Å². The lowest BCUT2D eigenvalue weighted by Crippen LogP contribution is -2.20. The third-order valence-corrected chi connectivity index (χ3v) is 3.85. The molecule has 0 saturated heterocycles. The highest BCUT2D eigenvalue weighted by Gasteiger charge is 2.25. The average Bonchev–Trinajstić information content (AvgIpc) is 2.48. The summed E-state index contributed by atoms with van der Waals surface area (Å²) in [4.78, 5) is 4.67. The van der Waals surface area contributed by atoms with Crippen molar-refractivity contribution in [2.75, 3.05) is 0 Å². The monoisotopic (exact) mass is 263 g/mol. The van der Waals surface area contributed by atoms with E-state index in [1.807, 2.05) is 42.5 Å². The number of aliphatic hydroxyl groups excluding tert-OH is 2. The molecule has 0 amide bonds. The van der Waals surface area contributed by atoms with Gasteiger partial charge in [-0.2, -0.15) is 0 Å². The van der Waals surface area contributed by atoms with Crippen LogP contribution in [0.5, 0.6) is 0 Å². The van der Waals surface area contributed by atoms with Gasteiger partial charge in [0.15, 0.2) is 0 Å². The minimum Gasteiger partial charge on any atom is -0.386 e. The van der Waals surface area contributed by atoms with Crippen molar-refractivity contribution < 1.29 is 10.2 Å². The van der Waals surface area contributed by atoms with Crippen molar-refractivity contribution >= 4 is 27.9 Å². The number of hydrogen-bond acceptors (Lipinski definition) is 3. The number of aliphatic hydroxyl groups is 2. The van der Waals surface area contributed by atoms with E-state index in [-0.39, 0.29) is 0 Å². The third kappa shape index (κ3) is 1.57. The van der Waals surface area contributed by atoms with Crippen LogP contribution in [0.25, 0.3) is 27.9 Å². The molecule has 3 nitrogen and oxygen atoms in total. The highest BCUT2D eigenvalue weighted by atomic mass is 16.3. The summed E-state index contributed by atoms with van der Waals surface area (Å²) in [6, 6.07) is 13.9. The van der Waals surface area contributed by atoms with Crippen molar-refractivity contribution in [3.63, 3.8) is 0 Å². The van der Waals surface area contributed by atoms with Crippen LogP contribution in [-0.2, 0) is 0 Å². The van der Waals surface area contributed by atoms with Gasteiger partial charge in [0.1, 0.15) is 12.2 Å². The first kappa shape index (κ1) is 11.6. The molecule has 0 spiro atoms. The molecule has 0 bridgehead atoms. The van der Waals surface area contributed by atoms with Gasteiger partial charge in [0, 0.05) is 16.3 Å². The molecule has 20 heavy (non-hydrogen) atoms. The van der Waals surface area contributed by atoms with E-state index in [0.29, 0.717) is 5.56 Å². The number of fused-ring (bicyclic) bond motifs is 4. The van der Waals surface area contributed by atoms with E-state index < -0.39 is 12.2 Å². The number of aromatic nitrogens is 1. The Hall–Kier alpha value is -2.23. The fourth-order valence-corrected chi connectivity index (χ4v) is 2.82. The van der Waals surface area contributed by atoms with E-state index in [9.17, 15) is 10.2 Å². The minimum absolute atomic E-state index is 0.711. The summed E-state index contributed by atoms with van der Waals surface area (Å²) in [6.45, 7) is 0. The van der Waals surface area contributed by atoms with Gasteiger partial charge in [0.25, 0.3) is 0 Å². The number of rotatable bonds is 0. The summed E-state index contributed by atoms with van der Waals surface area (Å²) in [6.07, 6.45) is 1.65. The average molecular weight is 263 g/mol. The van der Waals surface area contributed by atoms with Gasteiger partial charge in [-0.25, -0.2) is 4.98 Å². The van der Waals surface area contributed by atoms with Crippen LogP contribution in [-0.4, -0.2) is 21.3 Å². The fraction of sp³-hybridized carbons (Fsp3) is 0.118. The zero-order chi connectivity index (χ0) is 13.7. The van der Waals surface area contributed by atoms with Crippen molar-refractivity contribution in [2.24, 2.45) is 0 Å². The second-order valence-electron chi connectivity index (χ2n) is 5.12. The molecule has 1 aliphatic carbocycles. The van der Waals surface area contributed by atoms with E-state index in [0.717, 1.165) is 27.4 Å². The molecule has 3 aromatic rings. The molecule has 1 aliphatic rings. The molecule has 0 fully saturated rings. The quantitative estimate of drug-likeness (QED) is 0.613. The van der Waals surface area contributed by atoms with Crippen LogP contribution in [0.2, 0.25) is 0 Å². The Bertz CT molecular complexity index is 854. The molecule has 0 unspecified atom stereocenters. The van der Waals surface area contributed by atoms with Crippen molar-refractivity contribution in [2.45, 2.75) is 12.2 Å². The highest BCUT2D eigenvalue weighted by Crippen LogP contribution is 2.34. The maximum absolute atomic E-state index is 10.3. The van der Waals surface area contributed by atoms with Crippen LogP contribution in [0, 0.1) is 0 Å². The van der Waals surface area contributed by atoms with Gasteiger partial charge in [-0.1, -0.05) is 42.5 Å². The summed E-state index contributed by atoms with van der Waals surface area (Å²) in [7, 11) is 0. The molecule has 2 N–H and O–H groups in total. The van der Waals surface area contributed by atoms with Gasteiger partial charge in [0.05, 0.1) is 11.0 Å². The summed E-state index contributed by atoms with van der Waals surface area (Å²) in [5.74, 6) is 0. The van der Waals surface area contributed by atoms with E-state index >= 15 is 0 Å². The lowest BCUT2D eigenvalue weighted by molar-refractivity contribution is 0.0479. The minimum atomic E-state index is -0.924. The van der Waals surface area contributed by atoms with Gasteiger partial charge in [-0.3, -0.25) is 0 Å². The van der Waals surface area contributed by atoms with Gasteiger partial charge in [-0.15, -0.1) is 0 Å². The number of benzene rings is 2.